The summed E-state index contributed by atoms with van der Waals surface area (Å²) in [7, 11) is 1.30. The van der Waals surface area contributed by atoms with Crippen molar-refractivity contribution in [3.63, 3.8) is 0 Å². The molecule has 0 bridgehead atoms. The molecule has 0 saturated heterocycles. The maximum Gasteiger partial charge on any atom is 0.323 e. The first-order valence-electron chi connectivity index (χ1n) is 4.77. The van der Waals surface area contributed by atoms with Gasteiger partial charge in [-0.15, -0.1) is 0 Å². The van der Waals surface area contributed by atoms with Gasteiger partial charge in [-0.2, -0.15) is 0 Å². The maximum absolute atomic E-state index is 12.4. The van der Waals surface area contributed by atoms with Crippen LogP contribution in [0.5, 0.6) is 0 Å². The van der Waals surface area contributed by atoms with Crippen molar-refractivity contribution in [2.45, 2.75) is 6.43 Å². The summed E-state index contributed by atoms with van der Waals surface area (Å²) in [5.74, 6) is -1.76. The number of nitrogens with zero attached hydrogens (tertiary/aromatic N) is 1. The minimum absolute atomic E-state index is 0.0477. The third-order valence-corrected chi connectivity index (χ3v) is 2.10. The van der Waals surface area contributed by atoms with Gasteiger partial charge in [0.25, 0.3) is 12.3 Å². The second kappa shape index (κ2) is 5.38. The van der Waals surface area contributed by atoms with Gasteiger partial charge in [0.1, 0.15) is 6.54 Å². The van der Waals surface area contributed by atoms with E-state index in [4.69, 9.17) is 5.11 Å². The number of halogens is 2. The lowest BCUT2D eigenvalue weighted by atomic mass is 10.1. The smallest absolute Gasteiger partial charge is 0.323 e. The van der Waals surface area contributed by atoms with Crippen molar-refractivity contribution in [2.75, 3.05) is 13.6 Å². The number of amides is 1. The topological polar surface area (TPSA) is 57.6 Å². The highest BCUT2D eigenvalue weighted by Crippen LogP contribution is 2.19. The van der Waals surface area contributed by atoms with Gasteiger partial charge in [-0.05, 0) is 12.1 Å². The van der Waals surface area contributed by atoms with Crippen molar-refractivity contribution in [1.82, 2.24) is 4.90 Å². The number of hydrogen-bond acceptors (Lipinski definition) is 2. The number of carboxylic acid groups (broad SMARTS) is 1. The summed E-state index contributed by atoms with van der Waals surface area (Å²) in [6, 6.07) is 4.97. The van der Waals surface area contributed by atoms with Gasteiger partial charge in [0, 0.05) is 18.2 Å². The number of alkyl halides is 2. The molecular formula is C11H11F2NO3. The van der Waals surface area contributed by atoms with Crippen molar-refractivity contribution >= 4 is 11.9 Å². The SMILES string of the molecule is CN(CC(=O)O)C(=O)c1cccc(C(F)F)c1. The highest BCUT2D eigenvalue weighted by molar-refractivity contribution is 5.95. The van der Waals surface area contributed by atoms with E-state index in [9.17, 15) is 18.4 Å². The Hall–Kier alpha value is -1.98. The number of rotatable bonds is 4. The van der Waals surface area contributed by atoms with E-state index in [1.807, 2.05) is 0 Å². The number of carboxylic acids is 1. The third kappa shape index (κ3) is 3.51. The van der Waals surface area contributed by atoms with Crippen LogP contribution < -0.4 is 0 Å². The van der Waals surface area contributed by atoms with E-state index in [0.29, 0.717) is 0 Å². The molecular weight excluding hydrogens is 232 g/mol. The molecule has 0 spiro atoms. The largest absolute Gasteiger partial charge is 0.480 e. The Morgan fingerprint density at radius 2 is 2.06 bits per heavy atom. The highest BCUT2D eigenvalue weighted by Gasteiger charge is 2.16. The van der Waals surface area contributed by atoms with E-state index in [-0.39, 0.29) is 11.1 Å². The standard InChI is InChI=1S/C11H11F2NO3/c1-14(6-9(15)16)11(17)8-4-2-3-7(5-8)10(12)13/h2-5,10H,6H2,1H3,(H,15,16). The molecule has 1 aromatic rings. The van der Waals surface area contributed by atoms with Crippen molar-refractivity contribution in [3.8, 4) is 0 Å². The van der Waals surface area contributed by atoms with Gasteiger partial charge in [-0.1, -0.05) is 12.1 Å². The Morgan fingerprint density at radius 1 is 1.41 bits per heavy atom. The fourth-order valence-corrected chi connectivity index (χ4v) is 1.30. The average Bonchev–Trinajstić information content (AvgIpc) is 2.27. The van der Waals surface area contributed by atoms with Crippen LogP contribution in [0.1, 0.15) is 22.3 Å². The number of aliphatic carboxylic acids is 1. The lowest BCUT2D eigenvalue weighted by Gasteiger charge is -2.14. The molecule has 0 atom stereocenters. The Labute approximate surface area is 96.5 Å². The Bertz CT molecular complexity index is 434. The van der Waals surface area contributed by atoms with Crippen LogP contribution in [0.2, 0.25) is 0 Å². The fraction of sp³-hybridized carbons (Fsp3) is 0.273. The molecule has 1 amide bonds. The van der Waals surface area contributed by atoms with E-state index in [1.54, 1.807) is 0 Å². The molecule has 92 valence electrons. The molecule has 0 aromatic heterocycles. The summed E-state index contributed by atoms with van der Waals surface area (Å²) < 4.78 is 24.8. The molecule has 1 rings (SSSR count). The van der Waals surface area contributed by atoms with Crippen LogP contribution in [0.15, 0.2) is 24.3 Å². The van der Waals surface area contributed by atoms with Gasteiger partial charge < -0.3 is 10.0 Å². The average molecular weight is 243 g/mol. The number of hydrogen-bond donors (Lipinski definition) is 1. The third-order valence-electron chi connectivity index (χ3n) is 2.10. The summed E-state index contributed by atoms with van der Waals surface area (Å²) in [5.41, 5.74) is -0.217. The van der Waals surface area contributed by atoms with Gasteiger partial charge in [-0.3, -0.25) is 9.59 Å². The van der Waals surface area contributed by atoms with E-state index < -0.39 is 24.8 Å². The minimum Gasteiger partial charge on any atom is -0.480 e. The fourth-order valence-electron chi connectivity index (χ4n) is 1.30. The Morgan fingerprint density at radius 3 is 2.59 bits per heavy atom. The van der Waals surface area contributed by atoms with E-state index >= 15 is 0 Å². The first kappa shape index (κ1) is 13.1. The van der Waals surface area contributed by atoms with E-state index in [1.165, 1.54) is 25.2 Å². The van der Waals surface area contributed by atoms with Crippen LogP contribution in [0.25, 0.3) is 0 Å². The lowest BCUT2D eigenvalue weighted by Crippen LogP contribution is -2.31. The normalized spacial score (nSPS) is 10.4. The molecule has 0 aliphatic heterocycles. The first-order valence-corrected chi connectivity index (χ1v) is 4.77. The molecule has 0 unspecified atom stereocenters. The van der Waals surface area contributed by atoms with Crippen LogP contribution in [-0.2, 0) is 4.79 Å². The number of carbonyl (C=O) groups excluding carboxylic acids is 1. The van der Waals surface area contributed by atoms with Crippen LogP contribution in [0, 0.1) is 0 Å². The number of benzene rings is 1. The molecule has 0 fully saturated rings. The van der Waals surface area contributed by atoms with Crippen LogP contribution >= 0.6 is 0 Å². The first-order chi connectivity index (χ1) is 7.91. The molecule has 0 aliphatic carbocycles. The van der Waals surface area contributed by atoms with Gasteiger partial charge >= 0.3 is 5.97 Å². The molecule has 1 N–H and O–H groups in total. The van der Waals surface area contributed by atoms with Crippen LogP contribution in [0.3, 0.4) is 0 Å². The zero-order chi connectivity index (χ0) is 13.0. The van der Waals surface area contributed by atoms with Crippen molar-refractivity contribution < 1.29 is 23.5 Å². The lowest BCUT2D eigenvalue weighted by molar-refractivity contribution is -0.137. The summed E-state index contributed by atoms with van der Waals surface area (Å²) in [6.07, 6.45) is -2.66. The second-order valence-corrected chi connectivity index (χ2v) is 3.48. The van der Waals surface area contributed by atoms with E-state index in [0.717, 1.165) is 11.0 Å². The predicted octanol–water partition coefficient (Wildman–Crippen LogP) is 1.78. The summed E-state index contributed by atoms with van der Waals surface area (Å²) in [4.78, 5) is 23.0. The maximum atomic E-state index is 12.4. The second-order valence-electron chi connectivity index (χ2n) is 3.48. The van der Waals surface area contributed by atoms with E-state index in [2.05, 4.69) is 0 Å². The van der Waals surface area contributed by atoms with Gasteiger partial charge in [0.05, 0.1) is 0 Å². The highest BCUT2D eigenvalue weighted by atomic mass is 19.3. The van der Waals surface area contributed by atoms with Gasteiger partial charge in [0.2, 0.25) is 0 Å². The van der Waals surface area contributed by atoms with Gasteiger partial charge in [0.15, 0.2) is 0 Å². The molecule has 0 saturated carbocycles. The Kier molecular flexibility index (Phi) is 4.14. The van der Waals surface area contributed by atoms with Crippen molar-refractivity contribution in [1.29, 1.82) is 0 Å². The van der Waals surface area contributed by atoms with Crippen molar-refractivity contribution in [2.24, 2.45) is 0 Å². The summed E-state index contributed by atoms with van der Waals surface area (Å²) in [5, 5.41) is 8.51. The van der Waals surface area contributed by atoms with Crippen LogP contribution in [-0.4, -0.2) is 35.5 Å². The predicted molar refractivity (Wildman–Crippen MR) is 56.0 cm³/mol. The quantitative estimate of drug-likeness (QED) is 0.876. The molecule has 0 aliphatic rings. The molecule has 0 radical (unpaired) electrons. The Balaban J connectivity index is 2.88. The van der Waals surface area contributed by atoms with Gasteiger partial charge in [-0.25, -0.2) is 8.78 Å². The molecule has 6 heteroatoms. The molecule has 0 heterocycles. The number of carbonyl (C=O) groups is 2. The molecule has 4 nitrogen and oxygen atoms in total. The molecule has 17 heavy (non-hydrogen) atoms. The number of likely N-dealkylation sites (N-methyl/N-ethyl adjacent to an activating group) is 1. The monoisotopic (exact) mass is 243 g/mol. The minimum atomic E-state index is -2.66. The zero-order valence-corrected chi connectivity index (χ0v) is 9.06. The molecule has 1 aromatic carbocycles. The van der Waals surface area contributed by atoms with Crippen molar-refractivity contribution in [3.05, 3.63) is 35.4 Å². The summed E-state index contributed by atoms with van der Waals surface area (Å²) >= 11 is 0. The van der Waals surface area contributed by atoms with Crippen LogP contribution in [0.4, 0.5) is 8.78 Å². The zero-order valence-electron chi connectivity index (χ0n) is 9.06. The summed E-state index contributed by atoms with van der Waals surface area (Å²) in [6.45, 7) is -0.474.